The largest absolute Gasteiger partial charge is 0.306 e. The summed E-state index contributed by atoms with van der Waals surface area (Å²) in [5, 5.41) is 0. The van der Waals surface area contributed by atoms with Crippen molar-refractivity contribution < 1.29 is 8.42 Å². The second-order valence-electron chi connectivity index (χ2n) is 5.84. The Hall–Kier alpha value is -0.870. The lowest BCUT2D eigenvalue weighted by atomic mass is 9.88. The summed E-state index contributed by atoms with van der Waals surface area (Å²) in [6.45, 7) is 3.74. The lowest BCUT2D eigenvalue weighted by Crippen LogP contribution is -2.46. The number of nitrogens with zero attached hydrogens (tertiary/aromatic N) is 1. The third-order valence-electron chi connectivity index (χ3n) is 4.46. The van der Waals surface area contributed by atoms with Gasteiger partial charge in [-0.05, 0) is 45.0 Å². The highest BCUT2D eigenvalue weighted by molar-refractivity contribution is 7.92. The third kappa shape index (κ3) is 2.91. The van der Waals surface area contributed by atoms with Gasteiger partial charge in [0, 0.05) is 0 Å². The van der Waals surface area contributed by atoms with E-state index in [0.717, 1.165) is 31.5 Å². The molecule has 1 aromatic carbocycles. The van der Waals surface area contributed by atoms with Crippen molar-refractivity contribution in [2.45, 2.75) is 37.4 Å². The molecule has 0 saturated carbocycles. The maximum atomic E-state index is 13.0. The van der Waals surface area contributed by atoms with Crippen molar-refractivity contribution in [3.8, 4) is 0 Å². The molecule has 4 heteroatoms. The molecule has 1 heterocycles. The van der Waals surface area contributed by atoms with Crippen LogP contribution in [-0.4, -0.2) is 39.2 Å². The van der Waals surface area contributed by atoms with E-state index in [9.17, 15) is 8.42 Å². The van der Waals surface area contributed by atoms with Gasteiger partial charge < -0.3 is 4.90 Å². The maximum absolute atomic E-state index is 13.0. The summed E-state index contributed by atoms with van der Waals surface area (Å²) in [6.07, 6.45) is 3.09. The second-order valence-corrected chi connectivity index (χ2v) is 8.26. The molecule has 0 spiro atoms. The number of rotatable bonds is 5. The standard InChI is InChI=1S/C16H25NO2S/c1-3-4-14-20(18,19)16(10-12-17(2)13-11-16)15-8-6-5-7-9-15/h5-9H,3-4,10-14H2,1-2H3. The molecule has 0 bridgehead atoms. The fourth-order valence-electron chi connectivity index (χ4n) is 3.03. The average molecular weight is 295 g/mol. The van der Waals surface area contributed by atoms with E-state index < -0.39 is 14.6 Å². The molecule has 1 aliphatic heterocycles. The molecule has 0 amide bonds. The normalized spacial score (nSPS) is 19.9. The highest BCUT2D eigenvalue weighted by Crippen LogP contribution is 2.41. The highest BCUT2D eigenvalue weighted by atomic mass is 32.2. The number of likely N-dealkylation sites (tertiary alicyclic amines) is 1. The third-order valence-corrected chi connectivity index (χ3v) is 7.12. The van der Waals surface area contributed by atoms with Gasteiger partial charge >= 0.3 is 0 Å². The zero-order valence-electron chi connectivity index (χ0n) is 12.5. The van der Waals surface area contributed by atoms with Crippen molar-refractivity contribution >= 4 is 9.84 Å². The molecule has 1 aromatic rings. The lowest BCUT2D eigenvalue weighted by molar-refractivity contribution is 0.232. The van der Waals surface area contributed by atoms with Gasteiger partial charge in [0.15, 0.2) is 9.84 Å². The molecule has 3 nitrogen and oxygen atoms in total. The molecule has 1 saturated heterocycles. The average Bonchev–Trinajstić information content (AvgIpc) is 2.47. The minimum atomic E-state index is -3.11. The van der Waals surface area contributed by atoms with Crippen LogP contribution in [0.15, 0.2) is 30.3 Å². The lowest BCUT2D eigenvalue weighted by Gasteiger charge is -2.40. The Kier molecular flexibility index (Phi) is 4.86. The van der Waals surface area contributed by atoms with E-state index in [-0.39, 0.29) is 0 Å². The first-order valence-corrected chi connectivity index (χ1v) is 9.13. The topological polar surface area (TPSA) is 37.4 Å². The predicted molar refractivity (Wildman–Crippen MR) is 83.5 cm³/mol. The molecule has 1 aliphatic rings. The molecule has 0 aliphatic carbocycles. The summed E-state index contributed by atoms with van der Waals surface area (Å²) in [7, 11) is -1.05. The molecule has 112 valence electrons. The Balaban J connectivity index is 2.40. The summed E-state index contributed by atoms with van der Waals surface area (Å²) in [6, 6.07) is 9.81. The van der Waals surface area contributed by atoms with Crippen molar-refractivity contribution in [2.75, 3.05) is 25.9 Å². The van der Waals surface area contributed by atoms with Crippen LogP contribution in [0.25, 0.3) is 0 Å². The Morgan fingerprint density at radius 1 is 1.15 bits per heavy atom. The zero-order chi connectivity index (χ0) is 14.6. The minimum Gasteiger partial charge on any atom is -0.306 e. The first kappa shape index (κ1) is 15.5. The van der Waals surface area contributed by atoms with Crippen molar-refractivity contribution in [3.05, 3.63) is 35.9 Å². The van der Waals surface area contributed by atoms with Gasteiger partial charge in [-0.3, -0.25) is 0 Å². The van der Waals surface area contributed by atoms with Crippen LogP contribution in [0.5, 0.6) is 0 Å². The molecule has 0 atom stereocenters. The van der Waals surface area contributed by atoms with E-state index in [1.54, 1.807) is 0 Å². The van der Waals surface area contributed by atoms with E-state index in [1.807, 2.05) is 37.3 Å². The van der Waals surface area contributed by atoms with Crippen LogP contribution in [0.4, 0.5) is 0 Å². The Bertz CT molecular complexity index is 517. The van der Waals surface area contributed by atoms with Crippen LogP contribution < -0.4 is 0 Å². The van der Waals surface area contributed by atoms with Crippen LogP contribution in [0.1, 0.15) is 38.2 Å². The summed E-state index contributed by atoms with van der Waals surface area (Å²) >= 11 is 0. The van der Waals surface area contributed by atoms with Crippen molar-refractivity contribution in [1.29, 1.82) is 0 Å². The van der Waals surface area contributed by atoms with Gasteiger partial charge in [-0.2, -0.15) is 0 Å². The van der Waals surface area contributed by atoms with Gasteiger partial charge in [0.05, 0.1) is 10.5 Å². The van der Waals surface area contributed by atoms with E-state index in [1.165, 1.54) is 0 Å². The van der Waals surface area contributed by atoms with Gasteiger partial charge in [-0.25, -0.2) is 8.42 Å². The van der Waals surface area contributed by atoms with Crippen LogP contribution in [0.2, 0.25) is 0 Å². The van der Waals surface area contributed by atoms with Crippen LogP contribution in [0.3, 0.4) is 0 Å². The Morgan fingerprint density at radius 2 is 1.75 bits per heavy atom. The molecule has 20 heavy (non-hydrogen) atoms. The van der Waals surface area contributed by atoms with Gasteiger partial charge in [-0.1, -0.05) is 43.7 Å². The van der Waals surface area contributed by atoms with E-state index in [0.29, 0.717) is 18.6 Å². The van der Waals surface area contributed by atoms with E-state index in [4.69, 9.17) is 0 Å². The Labute approximate surface area is 122 Å². The number of hydrogen-bond acceptors (Lipinski definition) is 3. The first-order chi connectivity index (χ1) is 9.52. The number of hydrogen-bond donors (Lipinski definition) is 0. The fourth-order valence-corrected chi connectivity index (χ4v) is 5.39. The highest BCUT2D eigenvalue weighted by Gasteiger charge is 2.46. The number of unbranched alkanes of at least 4 members (excludes halogenated alkanes) is 1. The monoisotopic (exact) mass is 295 g/mol. The second kappa shape index (κ2) is 6.27. The van der Waals surface area contributed by atoms with Crippen molar-refractivity contribution in [1.82, 2.24) is 4.90 Å². The van der Waals surface area contributed by atoms with Gasteiger partial charge in [-0.15, -0.1) is 0 Å². The van der Waals surface area contributed by atoms with Crippen LogP contribution in [0, 0.1) is 0 Å². The maximum Gasteiger partial charge on any atom is 0.160 e. The fraction of sp³-hybridized carbons (Fsp3) is 0.625. The van der Waals surface area contributed by atoms with Gasteiger partial charge in [0.2, 0.25) is 0 Å². The summed E-state index contributed by atoms with van der Waals surface area (Å²) in [5.74, 6) is 0.308. The SMILES string of the molecule is CCCCS(=O)(=O)C1(c2ccccc2)CCN(C)CC1. The van der Waals surface area contributed by atoms with Crippen molar-refractivity contribution in [3.63, 3.8) is 0 Å². The van der Waals surface area contributed by atoms with Crippen LogP contribution >= 0.6 is 0 Å². The molecular weight excluding hydrogens is 270 g/mol. The number of piperidine rings is 1. The molecule has 0 aromatic heterocycles. The molecular formula is C16H25NO2S. The molecule has 1 fully saturated rings. The molecule has 0 unspecified atom stereocenters. The summed E-state index contributed by atoms with van der Waals surface area (Å²) in [5.41, 5.74) is 0.976. The first-order valence-electron chi connectivity index (χ1n) is 7.48. The smallest absolute Gasteiger partial charge is 0.160 e. The van der Waals surface area contributed by atoms with Crippen molar-refractivity contribution in [2.24, 2.45) is 0 Å². The quantitative estimate of drug-likeness (QED) is 0.838. The van der Waals surface area contributed by atoms with Gasteiger partial charge in [0.25, 0.3) is 0 Å². The van der Waals surface area contributed by atoms with Crippen LogP contribution in [-0.2, 0) is 14.6 Å². The Morgan fingerprint density at radius 3 is 2.30 bits per heavy atom. The van der Waals surface area contributed by atoms with E-state index in [2.05, 4.69) is 11.9 Å². The number of benzene rings is 1. The van der Waals surface area contributed by atoms with Gasteiger partial charge in [0.1, 0.15) is 0 Å². The molecule has 0 N–H and O–H groups in total. The van der Waals surface area contributed by atoms with E-state index >= 15 is 0 Å². The minimum absolute atomic E-state index is 0.308. The predicted octanol–water partition coefficient (Wildman–Crippen LogP) is 2.82. The molecule has 0 radical (unpaired) electrons. The molecule has 2 rings (SSSR count). The summed E-state index contributed by atoms with van der Waals surface area (Å²) < 4.78 is 25.2. The summed E-state index contributed by atoms with van der Waals surface area (Å²) in [4.78, 5) is 2.22. The number of sulfone groups is 1. The zero-order valence-corrected chi connectivity index (χ0v) is 13.3.